The summed E-state index contributed by atoms with van der Waals surface area (Å²) in [6, 6.07) is 11.8. The maximum atomic E-state index is 14.1. The molecule has 2 heteroatoms. The summed E-state index contributed by atoms with van der Waals surface area (Å²) in [7, 11) is 0. The number of hydrogen-bond acceptors (Lipinski definition) is 1. The third kappa shape index (κ3) is 4.61. The van der Waals surface area contributed by atoms with Gasteiger partial charge in [0, 0.05) is 0 Å². The number of unbranched alkanes of at least 4 members (excludes halogenated alkanes) is 4. The molecule has 2 aliphatic carbocycles. The molecule has 0 fully saturated rings. The Morgan fingerprint density at radius 2 is 1.67 bits per heavy atom. The lowest BCUT2D eigenvalue weighted by atomic mass is 9.73. The quantitative estimate of drug-likeness (QED) is 0.441. The average molecular weight is 404 g/mol. The smallest absolute Gasteiger partial charge is 0.141 e. The fourth-order valence-corrected chi connectivity index (χ4v) is 5.69. The normalized spacial score (nSPS) is 20.3. The molecule has 0 spiro atoms. The van der Waals surface area contributed by atoms with E-state index in [1.54, 1.807) is 28.8 Å². The van der Waals surface area contributed by atoms with Crippen molar-refractivity contribution in [3.8, 4) is 6.07 Å². The van der Waals surface area contributed by atoms with Crippen LogP contribution in [0.2, 0.25) is 0 Å². The van der Waals surface area contributed by atoms with Gasteiger partial charge in [-0.15, -0.1) is 0 Å². The third-order valence-corrected chi connectivity index (χ3v) is 7.45. The maximum absolute atomic E-state index is 14.1. The van der Waals surface area contributed by atoms with Gasteiger partial charge in [0.05, 0.1) is 5.56 Å². The van der Waals surface area contributed by atoms with Gasteiger partial charge < -0.3 is 0 Å². The van der Waals surface area contributed by atoms with Crippen molar-refractivity contribution in [1.29, 1.82) is 5.26 Å². The van der Waals surface area contributed by atoms with E-state index in [1.165, 1.54) is 63.4 Å². The van der Waals surface area contributed by atoms with E-state index in [-0.39, 0.29) is 11.4 Å². The van der Waals surface area contributed by atoms with Crippen molar-refractivity contribution in [2.45, 2.75) is 89.9 Å². The minimum atomic E-state index is -0.382. The van der Waals surface area contributed by atoms with Crippen LogP contribution in [0.15, 0.2) is 30.3 Å². The Bertz CT molecular complexity index is 923. The zero-order chi connectivity index (χ0) is 20.9. The second-order valence-electron chi connectivity index (χ2n) is 9.44. The molecule has 0 aliphatic heterocycles. The van der Waals surface area contributed by atoms with Crippen molar-refractivity contribution >= 4 is 0 Å². The standard InChI is InChI=1S/C28H34FN/c1-2-3-4-5-6-7-20-8-14-26-23(16-20)10-11-24-17-21(13-15-27(24)26)22-9-12-25(19-30)28(29)18-22/h9-12,18,20-21H,2-8,13-17H2,1H3. The van der Waals surface area contributed by atoms with Crippen LogP contribution in [0.25, 0.3) is 0 Å². The number of nitriles is 1. The van der Waals surface area contributed by atoms with E-state index in [1.807, 2.05) is 12.1 Å². The molecular formula is C28H34FN. The summed E-state index contributed by atoms with van der Waals surface area (Å²) >= 11 is 0. The summed E-state index contributed by atoms with van der Waals surface area (Å²) in [5.74, 6) is 0.847. The predicted octanol–water partition coefficient (Wildman–Crippen LogP) is 7.44. The molecule has 0 saturated heterocycles. The van der Waals surface area contributed by atoms with Crippen LogP contribution in [0.1, 0.15) is 97.6 Å². The fraction of sp³-hybridized carbons (Fsp3) is 0.536. The molecule has 2 aliphatic rings. The maximum Gasteiger partial charge on any atom is 0.141 e. The molecule has 0 bridgehead atoms. The number of halogens is 1. The van der Waals surface area contributed by atoms with Crippen molar-refractivity contribution in [3.63, 3.8) is 0 Å². The highest BCUT2D eigenvalue weighted by Gasteiger charge is 2.27. The lowest BCUT2D eigenvalue weighted by molar-refractivity contribution is 0.402. The molecule has 2 aromatic carbocycles. The zero-order valence-corrected chi connectivity index (χ0v) is 18.4. The van der Waals surface area contributed by atoms with Crippen molar-refractivity contribution in [2.75, 3.05) is 0 Å². The van der Waals surface area contributed by atoms with Crippen LogP contribution in [-0.2, 0) is 25.7 Å². The topological polar surface area (TPSA) is 23.8 Å². The molecule has 0 N–H and O–H groups in total. The van der Waals surface area contributed by atoms with Gasteiger partial charge in [-0.05, 0) is 90.3 Å². The van der Waals surface area contributed by atoms with Crippen molar-refractivity contribution in [2.24, 2.45) is 5.92 Å². The summed E-state index contributed by atoms with van der Waals surface area (Å²) < 4.78 is 14.1. The van der Waals surface area contributed by atoms with Gasteiger partial charge in [-0.25, -0.2) is 4.39 Å². The lowest BCUT2D eigenvalue weighted by Crippen LogP contribution is -2.20. The molecule has 0 aromatic heterocycles. The molecule has 1 nitrogen and oxygen atoms in total. The van der Waals surface area contributed by atoms with Gasteiger partial charge in [0.2, 0.25) is 0 Å². The van der Waals surface area contributed by atoms with E-state index in [0.717, 1.165) is 30.7 Å². The Morgan fingerprint density at radius 1 is 0.933 bits per heavy atom. The molecular weight excluding hydrogens is 369 g/mol. The predicted molar refractivity (Wildman–Crippen MR) is 121 cm³/mol. The molecule has 0 radical (unpaired) electrons. The Hall–Kier alpha value is -2.14. The molecule has 0 heterocycles. The van der Waals surface area contributed by atoms with E-state index >= 15 is 0 Å². The van der Waals surface area contributed by atoms with Crippen LogP contribution in [0.4, 0.5) is 4.39 Å². The minimum absolute atomic E-state index is 0.143. The Balaban J connectivity index is 1.41. The van der Waals surface area contributed by atoms with Gasteiger partial charge in [-0.1, -0.05) is 63.6 Å². The van der Waals surface area contributed by atoms with Crippen molar-refractivity contribution in [1.82, 2.24) is 0 Å². The van der Waals surface area contributed by atoms with Crippen molar-refractivity contribution in [3.05, 3.63) is 69.5 Å². The fourth-order valence-electron chi connectivity index (χ4n) is 5.69. The van der Waals surface area contributed by atoms with Gasteiger partial charge in [-0.2, -0.15) is 5.26 Å². The molecule has 158 valence electrons. The molecule has 2 aromatic rings. The van der Waals surface area contributed by atoms with E-state index < -0.39 is 0 Å². The van der Waals surface area contributed by atoms with Gasteiger partial charge in [0.1, 0.15) is 11.9 Å². The highest BCUT2D eigenvalue weighted by Crippen LogP contribution is 2.39. The van der Waals surface area contributed by atoms with E-state index in [0.29, 0.717) is 5.92 Å². The van der Waals surface area contributed by atoms with E-state index in [9.17, 15) is 4.39 Å². The Morgan fingerprint density at radius 3 is 2.40 bits per heavy atom. The van der Waals surface area contributed by atoms with Crippen LogP contribution < -0.4 is 0 Å². The van der Waals surface area contributed by atoms with Gasteiger partial charge in [0.25, 0.3) is 0 Å². The highest BCUT2D eigenvalue weighted by atomic mass is 19.1. The summed E-state index contributed by atoms with van der Waals surface area (Å²) in [5, 5.41) is 8.97. The summed E-state index contributed by atoms with van der Waals surface area (Å²) in [5.41, 5.74) is 7.48. The average Bonchev–Trinajstić information content (AvgIpc) is 2.78. The number of fused-ring (bicyclic) bond motifs is 3. The van der Waals surface area contributed by atoms with Gasteiger partial charge in [0.15, 0.2) is 0 Å². The number of nitrogens with zero attached hydrogens (tertiary/aromatic N) is 1. The highest BCUT2D eigenvalue weighted by molar-refractivity contribution is 5.46. The van der Waals surface area contributed by atoms with Gasteiger partial charge >= 0.3 is 0 Å². The van der Waals surface area contributed by atoms with Crippen LogP contribution in [0.5, 0.6) is 0 Å². The molecule has 2 atom stereocenters. The van der Waals surface area contributed by atoms with Crippen LogP contribution in [-0.4, -0.2) is 0 Å². The first-order chi connectivity index (χ1) is 14.7. The Kier molecular flexibility index (Phi) is 6.88. The van der Waals surface area contributed by atoms with Crippen LogP contribution >= 0.6 is 0 Å². The molecule has 30 heavy (non-hydrogen) atoms. The number of rotatable bonds is 7. The molecule has 4 rings (SSSR count). The van der Waals surface area contributed by atoms with Gasteiger partial charge in [-0.3, -0.25) is 0 Å². The molecule has 0 amide bonds. The number of hydrogen-bond donors (Lipinski definition) is 0. The molecule has 2 unspecified atom stereocenters. The third-order valence-electron chi connectivity index (χ3n) is 7.45. The minimum Gasteiger partial charge on any atom is -0.206 e. The van der Waals surface area contributed by atoms with Crippen molar-refractivity contribution < 1.29 is 4.39 Å². The largest absolute Gasteiger partial charge is 0.206 e. The zero-order valence-electron chi connectivity index (χ0n) is 18.4. The van der Waals surface area contributed by atoms with E-state index in [4.69, 9.17) is 5.26 Å². The lowest BCUT2D eigenvalue weighted by Gasteiger charge is -2.32. The van der Waals surface area contributed by atoms with Crippen LogP contribution in [0, 0.1) is 23.1 Å². The monoisotopic (exact) mass is 403 g/mol. The first kappa shape index (κ1) is 21.1. The number of benzene rings is 2. The second-order valence-corrected chi connectivity index (χ2v) is 9.44. The Labute approximate surface area is 181 Å². The van der Waals surface area contributed by atoms with Crippen LogP contribution in [0.3, 0.4) is 0 Å². The molecule has 0 saturated carbocycles. The second kappa shape index (κ2) is 9.78. The first-order valence-corrected chi connectivity index (χ1v) is 12.0. The van der Waals surface area contributed by atoms with E-state index in [2.05, 4.69) is 19.1 Å². The summed E-state index contributed by atoms with van der Waals surface area (Å²) in [6.07, 6.45) is 15.3. The summed E-state index contributed by atoms with van der Waals surface area (Å²) in [4.78, 5) is 0. The SMILES string of the molecule is CCCCCCCC1CCc2c(ccc3c2CCC(c2ccc(C#N)c(F)c2)C3)C1. The first-order valence-electron chi connectivity index (χ1n) is 12.0. The summed E-state index contributed by atoms with van der Waals surface area (Å²) in [6.45, 7) is 2.28.